The zero-order valence-corrected chi connectivity index (χ0v) is 96.4. The van der Waals surface area contributed by atoms with Crippen LogP contribution in [-0.4, -0.2) is 140 Å². The summed E-state index contributed by atoms with van der Waals surface area (Å²) in [5.41, 5.74) is 18.9. The molecular weight excluding hydrogens is 1880 g/mol. The summed E-state index contributed by atoms with van der Waals surface area (Å²) in [6.07, 6.45) is 2.78. The van der Waals surface area contributed by atoms with Gasteiger partial charge in [0.05, 0.1) is 85.6 Å². The number of nitrogens with one attached hydrogen (secondary N) is 1. The van der Waals surface area contributed by atoms with Crippen molar-refractivity contribution in [3.8, 4) is 63.2 Å². The van der Waals surface area contributed by atoms with Crippen molar-refractivity contribution < 1.29 is 74.2 Å². The molecule has 10 aromatic rings. The van der Waals surface area contributed by atoms with Gasteiger partial charge in [-0.2, -0.15) is 30.2 Å². The molecule has 0 spiro atoms. The third-order valence-corrected chi connectivity index (χ3v) is 26.5. The number of aliphatic hydroxyl groups is 1. The zero-order valence-electron chi connectivity index (χ0n) is 94.8. The number of alkyl halides is 3. The molecule has 0 aliphatic carbocycles. The van der Waals surface area contributed by atoms with E-state index >= 15 is 0 Å². The van der Waals surface area contributed by atoms with Gasteiger partial charge in [0.1, 0.15) is 46.0 Å². The summed E-state index contributed by atoms with van der Waals surface area (Å²) in [6.45, 7) is 59.4. The van der Waals surface area contributed by atoms with E-state index in [2.05, 4.69) is 259 Å². The number of benzene rings is 10. The Morgan fingerprint density at radius 3 is 1.09 bits per heavy atom. The van der Waals surface area contributed by atoms with Crippen LogP contribution in [0, 0.1) is 11.3 Å². The Morgan fingerprint density at radius 2 is 0.733 bits per heavy atom. The second-order valence-electron chi connectivity index (χ2n) is 45.8. The number of aliphatic hydroxyl groups excluding tert-OH is 1. The molecule has 2 fully saturated rings. The Kier molecular flexibility index (Phi) is 46.1. The van der Waals surface area contributed by atoms with Crippen molar-refractivity contribution in [2.45, 2.75) is 272 Å². The highest BCUT2D eigenvalue weighted by atomic mass is 32.2. The van der Waals surface area contributed by atoms with Crippen molar-refractivity contribution in [2.24, 2.45) is 0 Å². The van der Waals surface area contributed by atoms with E-state index < -0.39 is 27.0 Å². The Balaban J connectivity index is 0.000000289. The molecule has 13 rings (SSSR count). The van der Waals surface area contributed by atoms with Crippen LogP contribution in [0.5, 0.6) is 46.0 Å². The maximum absolute atomic E-state index is 12.6. The second-order valence-corrected chi connectivity index (χ2v) is 48.9. The first-order valence-electron chi connectivity index (χ1n) is 49.8. The molecule has 18 nitrogen and oxygen atoms in total. The summed E-state index contributed by atoms with van der Waals surface area (Å²) in [5.74, 6) is 9.97. The third-order valence-electron chi connectivity index (χ3n) is 24.5. The number of sulfone groups is 1. The van der Waals surface area contributed by atoms with Crippen LogP contribution in [0.3, 0.4) is 0 Å². The van der Waals surface area contributed by atoms with Crippen molar-refractivity contribution in [3.63, 3.8) is 0 Å². The van der Waals surface area contributed by atoms with E-state index in [9.17, 15) is 31.2 Å². The number of halogens is 3. The van der Waals surface area contributed by atoms with Crippen LogP contribution in [0.25, 0.3) is 16.7 Å². The van der Waals surface area contributed by atoms with Crippen LogP contribution in [-0.2, 0) is 74.3 Å². The quantitative estimate of drug-likeness (QED) is 0.0813. The van der Waals surface area contributed by atoms with E-state index in [0.717, 1.165) is 122 Å². The van der Waals surface area contributed by atoms with Gasteiger partial charge in [0, 0.05) is 126 Å². The SMILES string of the molecule is CC(C)(C)c1ccccc1C(F)(F)F.COc1ccc(-c2ccccc2)cc1C(C)(C)C.COc1ccc(C#N)cc1C(C)(C)C.COc1ccc(C2=CCSCC2)cc1C(C)(C)C.COc1ccc(N(C)C)cc1C(C)(C)C.COc1ccc(N2CCC2=O)cc1C(C)(C)C.COc1ccc(N2CCCC2=O)cc1C(C)(C)C.COc1ccc(NCCO)cc1C(C)(C)C.COc1ccc(S(C)(=O)=O)cc1C(C)(C)C. The number of carbonyl (C=O) groups is 2. The predicted molar refractivity (Wildman–Crippen MR) is 605 cm³/mol. The van der Waals surface area contributed by atoms with Gasteiger partial charge in [-0.1, -0.05) is 254 Å². The minimum Gasteiger partial charge on any atom is -0.496 e. The fourth-order valence-electron chi connectivity index (χ4n) is 16.2. The summed E-state index contributed by atoms with van der Waals surface area (Å²) < 4.78 is 104. The normalized spacial score (nSPS) is 13.3. The Labute approximate surface area is 879 Å². The number of β-lactam (4-membered cyclic amide) rings is 1. The summed E-state index contributed by atoms with van der Waals surface area (Å²) in [6, 6.07) is 66.0. The van der Waals surface area contributed by atoms with Gasteiger partial charge in [-0.3, -0.25) is 9.59 Å². The van der Waals surface area contributed by atoms with Gasteiger partial charge in [-0.05, 0) is 235 Å². The molecule has 0 aromatic heterocycles. The average molecular weight is 2050 g/mol. The highest BCUT2D eigenvalue weighted by Crippen LogP contribution is 2.45. The van der Waals surface area contributed by atoms with Gasteiger partial charge in [0.25, 0.3) is 0 Å². The Morgan fingerprint density at radius 1 is 0.384 bits per heavy atom. The molecule has 2 N–H and O–H groups in total. The number of ether oxygens (including phenoxy) is 8. The number of hydrogen-bond donors (Lipinski definition) is 2. The standard InChI is InChI=1S/C17H20O.C16H22OS.C15H21NO2.C14H19NO2.C13H21NO2.C13H21NO.C12H15NO.C12H18O3S.C11H13F3/c1-17(2,3)15-12-14(10-11-16(15)18-4)13-8-6-5-7-9-13;1-16(2,3)14-11-13(5-6-15(14)17-4)12-7-9-18-10-8-12;1-15(2,3)12-10-11(7-8-13(12)18-4)16-9-5-6-14(16)17;1-14(2,3)11-9-10(5-6-12(11)17-4)15-8-7-13(15)16;1-13(2,3)11-9-10(14-7-8-15)5-6-12(11)16-4;1-13(2,3)11-9-10(14(4)5)7-8-12(11)15-6;1-12(2,3)10-7-9(8-13)5-6-11(10)14-4;1-12(2,3)10-8-9(16(5,13)14)6-7-11(10)15-4;1-10(2,3)8-6-4-5-7-9(8)11(12,13)14/h5-12H,1-4H3;5-7,11H,8-10H2,1-4H3;7-8,10H,5-6,9H2,1-4H3;5-6,9H,7-8H2,1-4H3;5-6,9,14-15H,7-8H2,1-4H3;7-9H,1-6H3;5-7H,1-4H3;6-8H,1-5H3;4-7H,1-3H3. The monoisotopic (exact) mass is 2050 g/mol. The number of anilines is 4. The molecule has 0 atom stereocenters. The third kappa shape index (κ3) is 37.7. The second kappa shape index (κ2) is 53.9. The van der Waals surface area contributed by atoms with Gasteiger partial charge in [-0.15, -0.1) is 0 Å². The van der Waals surface area contributed by atoms with Crippen LogP contribution in [0.1, 0.15) is 279 Å². The van der Waals surface area contributed by atoms with Crippen molar-refractivity contribution >= 4 is 61.7 Å². The van der Waals surface area contributed by atoms with E-state index in [1.165, 1.54) is 75.2 Å². The van der Waals surface area contributed by atoms with Gasteiger partial charge in [0.2, 0.25) is 11.8 Å². The minimum atomic E-state index is -4.26. The van der Waals surface area contributed by atoms with E-state index in [-0.39, 0.29) is 61.7 Å². The number of nitrogens with zero attached hydrogens (tertiary/aromatic N) is 4. The number of amides is 2. The molecule has 2 amide bonds. The number of allylic oxidation sites excluding steroid dienone is 1. The van der Waals surface area contributed by atoms with Crippen LogP contribution >= 0.6 is 11.8 Å². The number of methoxy groups -OCH3 is 8. The smallest absolute Gasteiger partial charge is 0.416 e. The molecule has 798 valence electrons. The molecule has 0 radical (unpaired) electrons. The molecule has 146 heavy (non-hydrogen) atoms. The predicted octanol–water partition coefficient (Wildman–Crippen LogP) is 29.7. The number of nitriles is 1. The zero-order chi connectivity index (χ0) is 110. The van der Waals surface area contributed by atoms with Gasteiger partial charge in [0.15, 0.2) is 9.84 Å². The number of carbonyl (C=O) groups excluding carboxylic acids is 2. The van der Waals surface area contributed by atoms with Gasteiger partial charge >= 0.3 is 6.18 Å². The first-order chi connectivity index (χ1) is 67.6. The summed E-state index contributed by atoms with van der Waals surface area (Å²) in [7, 11) is 14.4. The molecule has 0 saturated carbocycles. The lowest BCUT2D eigenvalue weighted by Crippen LogP contribution is -2.43. The molecule has 2 saturated heterocycles. The van der Waals surface area contributed by atoms with Crippen LogP contribution in [0.4, 0.5) is 35.9 Å². The van der Waals surface area contributed by atoms with E-state index in [1.54, 1.807) is 108 Å². The molecule has 3 aliphatic heterocycles. The largest absolute Gasteiger partial charge is 0.496 e. The van der Waals surface area contributed by atoms with Crippen molar-refractivity contribution in [1.82, 2.24) is 0 Å². The number of rotatable bonds is 17. The molecule has 10 aromatic carbocycles. The maximum Gasteiger partial charge on any atom is 0.416 e. The highest BCUT2D eigenvalue weighted by Gasteiger charge is 2.37. The average Bonchev–Trinajstić information content (AvgIpc) is 0.962. The van der Waals surface area contributed by atoms with E-state index in [0.29, 0.717) is 35.4 Å². The van der Waals surface area contributed by atoms with Gasteiger partial charge < -0.3 is 63.0 Å². The lowest BCUT2D eigenvalue weighted by Gasteiger charge is -2.32. The lowest BCUT2D eigenvalue weighted by atomic mass is 9.83. The fourth-order valence-corrected chi connectivity index (χ4v) is 17.7. The number of thioether (sulfide) groups is 1. The topological polar surface area (TPSA) is 208 Å². The van der Waals surface area contributed by atoms with Gasteiger partial charge in [-0.25, -0.2) is 8.42 Å². The Hall–Kier alpha value is -11.6. The highest BCUT2D eigenvalue weighted by molar-refractivity contribution is 7.99. The first kappa shape index (κ1) is 125. The fraction of sp³-hybridized carbons (Fsp3) is 0.472. The summed E-state index contributed by atoms with van der Waals surface area (Å²) in [4.78, 5) is 29.3. The molecule has 3 aliphatic rings. The maximum atomic E-state index is 12.6. The first-order valence-corrected chi connectivity index (χ1v) is 52.9. The molecule has 0 bridgehead atoms. The minimum absolute atomic E-state index is 0.00178. The van der Waals surface area contributed by atoms with Crippen LogP contribution in [0.15, 0.2) is 211 Å². The van der Waals surface area contributed by atoms with Crippen LogP contribution < -0.4 is 57.9 Å². The van der Waals surface area contributed by atoms with Crippen molar-refractivity contribution in [1.29, 1.82) is 5.26 Å². The van der Waals surface area contributed by atoms with Crippen molar-refractivity contribution in [3.05, 3.63) is 273 Å². The number of hydrogen-bond acceptors (Lipinski definition) is 17. The van der Waals surface area contributed by atoms with Crippen molar-refractivity contribution in [2.75, 3.05) is 135 Å². The molecule has 23 heteroatoms. The van der Waals surface area contributed by atoms with Crippen LogP contribution in [0.2, 0.25) is 0 Å². The Bertz CT molecular complexity index is 6050. The molecule has 0 unspecified atom stereocenters. The summed E-state index contributed by atoms with van der Waals surface area (Å²) >= 11 is 2.01. The van der Waals surface area contributed by atoms with E-state index in [4.69, 9.17) is 48.3 Å². The molecular formula is C123H170F3N5O13S2. The molecule has 3 heterocycles. The van der Waals surface area contributed by atoms with E-state index in [1.807, 2.05) is 117 Å². The summed E-state index contributed by atoms with van der Waals surface area (Å²) in [5, 5.41) is 20.7. The lowest BCUT2D eigenvalue weighted by molar-refractivity contribution is -0.138.